The summed E-state index contributed by atoms with van der Waals surface area (Å²) in [6.07, 6.45) is 0.669. The summed E-state index contributed by atoms with van der Waals surface area (Å²) in [4.78, 5) is 47.3. The largest absolute Gasteiger partial charge is 0.504 e. The molecule has 0 saturated carbocycles. The standard InChI is InChI=1S/C20H18O10/c1-2-28-17-9-14(22)12(10-29-20(17)27)8-16(19(25)26)30-18(24)6-4-11-3-5-13(21)15(23)7-11/h3-7,9-10,16,21,23H,2,8H2,1H3,(H,25,26)/b6-4+/t16-/m1/s1. The minimum Gasteiger partial charge on any atom is -0.504 e. The molecule has 0 amide bonds. The Balaban J connectivity index is 2.17. The average Bonchev–Trinajstić information content (AvgIpc) is 2.82. The highest BCUT2D eigenvalue weighted by Crippen LogP contribution is 2.25. The number of phenolic OH excluding ortho intramolecular Hbond substituents is 2. The van der Waals surface area contributed by atoms with Crippen molar-refractivity contribution in [3.8, 4) is 17.2 Å². The van der Waals surface area contributed by atoms with E-state index in [4.69, 9.17) is 13.9 Å². The van der Waals surface area contributed by atoms with Gasteiger partial charge in [-0.05, 0) is 30.7 Å². The van der Waals surface area contributed by atoms with E-state index in [-0.39, 0.29) is 23.7 Å². The van der Waals surface area contributed by atoms with Crippen molar-refractivity contribution >= 4 is 18.0 Å². The molecule has 0 bridgehead atoms. The molecule has 0 unspecified atom stereocenters. The maximum atomic E-state index is 12.2. The highest BCUT2D eigenvalue weighted by Gasteiger charge is 2.23. The van der Waals surface area contributed by atoms with E-state index >= 15 is 0 Å². The van der Waals surface area contributed by atoms with Crippen molar-refractivity contribution in [2.45, 2.75) is 19.4 Å². The van der Waals surface area contributed by atoms with Gasteiger partial charge in [-0.25, -0.2) is 14.4 Å². The number of ether oxygens (including phenoxy) is 2. The number of carboxylic acid groups (broad SMARTS) is 1. The molecule has 1 atom stereocenters. The molecule has 0 aliphatic rings. The minimum atomic E-state index is -1.73. The molecule has 1 aromatic carbocycles. The molecular formula is C20H18O10. The van der Waals surface area contributed by atoms with Crippen LogP contribution in [0.25, 0.3) is 6.08 Å². The maximum Gasteiger partial charge on any atom is 0.378 e. The molecule has 30 heavy (non-hydrogen) atoms. The summed E-state index contributed by atoms with van der Waals surface area (Å²) in [5.74, 6) is -3.61. The van der Waals surface area contributed by atoms with Crippen molar-refractivity contribution in [2.24, 2.45) is 0 Å². The quantitative estimate of drug-likeness (QED) is 0.321. The summed E-state index contributed by atoms with van der Waals surface area (Å²) in [6, 6.07) is 4.66. The fourth-order valence-electron chi connectivity index (χ4n) is 2.28. The second-order valence-electron chi connectivity index (χ2n) is 5.90. The van der Waals surface area contributed by atoms with Crippen molar-refractivity contribution in [1.29, 1.82) is 0 Å². The topological polar surface area (TPSA) is 161 Å². The number of carbonyl (C=O) groups is 2. The lowest BCUT2D eigenvalue weighted by molar-refractivity contribution is -0.160. The van der Waals surface area contributed by atoms with E-state index < -0.39 is 41.3 Å². The van der Waals surface area contributed by atoms with Gasteiger partial charge in [0.05, 0.1) is 6.61 Å². The van der Waals surface area contributed by atoms with Crippen molar-refractivity contribution < 1.29 is 38.8 Å². The molecule has 2 aromatic rings. The summed E-state index contributed by atoms with van der Waals surface area (Å²) >= 11 is 0. The van der Waals surface area contributed by atoms with Crippen LogP contribution < -0.4 is 15.8 Å². The third kappa shape index (κ3) is 5.96. The highest BCUT2D eigenvalue weighted by atomic mass is 16.6. The lowest BCUT2D eigenvalue weighted by Gasteiger charge is -2.11. The molecule has 0 radical (unpaired) electrons. The van der Waals surface area contributed by atoms with E-state index in [1.807, 2.05) is 0 Å². The molecule has 2 rings (SSSR count). The Morgan fingerprint density at radius 3 is 2.53 bits per heavy atom. The Bertz CT molecular complexity index is 1080. The lowest BCUT2D eigenvalue weighted by atomic mass is 10.1. The van der Waals surface area contributed by atoms with Gasteiger partial charge in [-0.2, -0.15) is 0 Å². The molecule has 158 valence electrons. The predicted molar refractivity (Wildman–Crippen MR) is 102 cm³/mol. The monoisotopic (exact) mass is 418 g/mol. The minimum absolute atomic E-state index is 0.115. The van der Waals surface area contributed by atoms with Crippen molar-refractivity contribution in [3.63, 3.8) is 0 Å². The number of esters is 1. The number of hydrogen-bond donors (Lipinski definition) is 3. The van der Waals surface area contributed by atoms with Crippen LogP contribution in [0, 0.1) is 0 Å². The van der Waals surface area contributed by atoms with E-state index in [2.05, 4.69) is 0 Å². The first-order chi connectivity index (χ1) is 14.2. The SMILES string of the molecule is CCOc1cc(=O)c(C[C@@H](OC(=O)/C=C/c2ccc(O)c(O)c2)C(=O)O)coc1=O. The van der Waals surface area contributed by atoms with Crippen molar-refractivity contribution in [3.05, 3.63) is 68.4 Å². The highest BCUT2D eigenvalue weighted by molar-refractivity contribution is 5.89. The van der Waals surface area contributed by atoms with E-state index in [0.29, 0.717) is 5.56 Å². The molecule has 0 aliphatic heterocycles. The normalized spacial score (nSPS) is 11.8. The van der Waals surface area contributed by atoms with Crippen LogP contribution in [0.5, 0.6) is 17.2 Å². The van der Waals surface area contributed by atoms with E-state index in [1.165, 1.54) is 24.3 Å². The van der Waals surface area contributed by atoms with Gasteiger partial charge in [0, 0.05) is 24.1 Å². The number of hydrogen-bond acceptors (Lipinski definition) is 9. The van der Waals surface area contributed by atoms with Crippen LogP contribution in [-0.4, -0.2) is 40.0 Å². The van der Waals surface area contributed by atoms with Crippen LogP contribution in [0.2, 0.25) is 0 Å². The second kappa shape index (κ2) is 9.92. The number of carbonyl (C=O) groups excluding carboxylic acids is 1. The van der Waals surface area contributed by atoms with Crippen LogP contribution in [0.15, 0.2) is 50.6 Å². The van der Waals surface area contributed by atoms with E-state index in [9.17, 15) is 34.5 Å². The van der Waals surface area contributed by atoms with E-state index in [0.717, 1.165) is 18.4 Å². The number of rotatable bonds is 8. The number of benzene rings is 1. The third-order valence-electron chi connectivity index (χ3n) is 3.74. The molecule has 0 spiro atoms. The smallest absolute Gasteiger partial charge is 0.378 e. The fourth-order valence-corrected chi connectivity index (χ4v) is 2.28. The van der Waals surface area contributed by atoms with Gasteiger partial charge in [-0.15, -0.1) is 0 Å². The molecular weight excluding hydrogens is 400 g/mol. The molecule has 1 aromatic heterocycles. The van der Waals surface area contributed by atoms with Crippen LogP contribution in [-0.2, 0) is 20.7 Å². The second-order valence-corrected chi connectivity index (χ2v) is 5.90. The van der Waals surface area contributed by atoms with Gasteiger partial charge in [0.15, 0.2) is 16.9 Å². The number of aromatic hydroxyl groups is 2. The zero-order valence-electron chi connectivity index (χ0n) is 15.7. The molecule has 10 heteroatoms. The number of phenols is 2. The molecule has 0 saturated heterocycles. The zero-order chi connectivity index (χ0) is 22.3. The Morgan fingerprint density at radius 1 is 1.17 bits per heavy atom. The first kappa shape index (κ1) is 22.2. The molecule has 1 heterocycles. The van der Waals surface area contributed by atoms with Gasteiger partial charge in [0.1, 0.15) is 6.26 Å². The summed E-state index contributed by atoms with van der Waals surface area (Å²) < 4.78 is 14.6. The molecule has 3 N–H and O–H groups in total. The van der Waals surface area contributed by atoms with Gasteiger partial charge in [-0.1, -0.05) is 6.07 Å². The number of carboxylic acids is 1. The van der Waals surface area contributed by atoms with Crippen molar-refractivity contribution in [1.82, 2.24) is 0 Å². The first-order valence-electron chi connectivity index (χ1n) is 8.63. The number of aliphatic carboxylic acids is 1. The van der Waals surface area contributed by atoms with Gasteiger partial charge >= 0.3 is 17.6 Å². The van der Waals surface area contributed by atoms with E-state index in [1.54, 1.807) is 6.92 Å². The Morgan fingerprint density at radius 2 is 1.90 bits per heavy atom. The van der Waals surface area contributed by atoms with Crippen LogP contribution >= 0.6 is 0 Å². The summed E-state index contributed by atoms with van der Waals surface area (Å²) in [5, 5.41) is 28.0. The van der Waals surface area contributed by atoms with Crippen LogP contribution in [0.1, 0.15) is 18.1 Å². The van der Waals surface area contributed by atoms with Crippen LogP contribution in [0.3, 0.4) is 0 Å². The molecule has 0 fully saturated rings. The Kier molecular flexibility index (Phi) is 7.34. The zero-order valence-corrected chi connectivity index (χ0v) is 15.7. The first-order valence-corrected chi connectivity index (χ1v) is 8.63. The van der Waals surface area contributed by atoms with Gasteiger partial charge in [-0.3, -0.25) is 4.79 Å². The lowest BCUT2D eigenvalue weighted by Crippen LogP contribution is -2.30. The van der Waals surface area contributed by atoms with Gasteiger partial charge < -0.3 is 29.2 Å². The third-order valence-corrected chi connectivity index (χ3v) is 3.74. The molecule has 0 aliphatic carbocycles. The average molecular weight is 418 g/mol. The Labute approximate surface area is 169 Å². The summed E-state index contributed by atoms with van der Waals surface area (Å²) in [6.45, 7) is 1.72. The van der Waals surface area contributed by atoms with Gasteiger partial charge in [0.2, 0.25) is 11.9 Å². The maximum absolute atomic E-state index is 12.2. The molecule has 10 nitrogen and oxygen atoms in total. The Hall–Kier alpha value is -4.08. The fraction of sp³-hybridized carbons (Fsp3) is 0.200. The summed E-state index contributed by atoms with van der Waals surface area (Å²) in [5.41, 5.74) is -1.49. The van der Waals surface area contributed by atoms with Gasteiger partial charge in [0.25, 0.3) is 0 Å². The van der Waals surface area contributed by atoms with Crippen molar-refractivity contribution in [2.75, 3.05) is 6.61 Å². The van der Waals surface area contributed by atoms with Crippen LogP contribution in [0.4, 0.5) is 0 Å². The summed E-state index contributed by atoms with van der Waals surface area (Å²) in [7, 11) is 0. The predicted octanol–water partition coefficient (Wildman–Crippen LogP) is 1.06.